The molecule has 0 saturated heterocycles. The first kappa shape index (κ1) is 27.5. The van der Waals surface area contributed by atoms with E-state index < -0.39 is 34.0 Å². The van der Waals surface area contributed by atoms with E-state index in [-0.39, 0.29) is 41.5 Å². The van der Waals surface area contributed by atoms with Crippen LogP contribution in [0.5, 0.6) is 0 Å². The van der Waals surface area contributed by atoms with Crippen molar-refractivity contribution < 1.29 is 28.2 Å². The van der Waals surface area contributed by atoms with E-state index in [0.29, 0.717) is 28.9 Å². The zero-order chi connectivity index (χ0) is 28.1. The lowest BCUT2D eigenvalue weighted by Crippen LogP contribution is -2.46. The molecule has 2 unspecified atom stereocenters. The number of nitrogens with zero attached hydrogens (tertiary/aromatic N) is 2. The van der Waals surface area contributed by atoms with Gasteiger partial charge in [0.05, 0.1) is 23.4 Å². The summed E-state index contributed by atoms with van der Waals surface area (Å²) in [4.78, 5) is 48.0. The van der Waals surface area contributed by atoms with Gasteiger partial charge in [-0.3, -0.25) is 15.0 Å². The highest BCUT2D eigenvalue weighted by Gasteiger charge is 2.32. The number of amides is 1. The lowest BCUT2D eigenvalue weighted by atomic mass is 9.99. The molecular formula is C27H27N5O6S. The molecule has 4 N–H and O–H groups in total. The zero-order valence-electron chi connectivity index (χ0n) is 21.1. The molecule has 0 aliphatic carbocycles. The molecular weight excluding hydrogens is 522 g/mol. The van der Waals surface area contributed by atoms with Crippen LogP contribution in [-0.2, 0) is 33.9 Å². The van der Waals surface area contributed by atoms with Crippen LogP contribution in [0.3, 0.4) is 0 Å². The van der Waals surface area contributed by atoms with E-state index in [4.69, 9.17) is 20.7 Å². The minimum atomic E-state index is -1.75. The third-order valence-electron chi connectivity index (χ3n) is 6.26. The molecule has 2 atom stereocenters. The average molecular weight is 550 g/mol. The zero-order valence-corrected chi connectivity index (χ0v) is 22.0. The Labute approximate surface area is 226 Å². The normalized spacial score (nSPS) is 16.3. The lowest BCUT2D eigenvalue weighted by molar-refractivity contribution is -0.144. The highest BCUT2D eigenvalue weighted by Crippen LogP contribution is 2.26. The smallest absolute Gasteiger partial charge is 0.328 e. The first-order valence-corrected chi connectivity index (χ1v) is 13.3. The van der Waals surface area contributed by atoms with Crippen molar-refractivity contribution >= 4 is 61.3 Å². The molecule has 1 amide bonds. The number of fused-ring (bicyclic) bond motifs is 1. The number of amidine groups is 1. The summed E-state index contributed by atoms with van der Waals surface area (Å²) >= 11 is 0. The number of methoxy groups -OCH3 is 1. The molecule has 0 spiro atoms. The van der Waals surface area contributed by atoms with Crippen LogP contribution in [0, 0.1) is 5.41 Å². The van der Waals surface area contributed by atoms with Crippen molar-refractivity contribution in [3.05, 3.63) is 65.2 Å². The molecule has 2 aliphatic rings. The number of ether oxygens (including phenoxy) is 1. The number of aliphatic imine (C=N–C) groups is 1. The second-order valence-corrected chi connectivity index (χ2v) is 10.0. The van der Waals surface area contributed by atoms with Crippen LogP contribution in [0.15, 0.2) is 58.7 Å². The minimum absolute atomic E-state index is 0.00673. The number of ketones is 1. The Morgan fingerprint density at radius 2 is 1.95 bits per heavy atom. The van der Waals surface area contributed by atoms with Crippen molar-refractivity contribution in [1.82, 2.24) is 5.32 Å². The number of nitrogen functional groups attached to an aromatic ring is 1. The van der Waals surface area contributed by atoms with E-state index in [9.17, 15) is 18.6 Å². The van der Waals surface area contributed by atoms with Crippen LogP contribution in [0.25, 0.3) is 0 Å². The molecule has 2 aromatic rings. The number of Topliss-reactive ketones (excluding diaryl/α,β-unsaturated/α-hetero) is 1. The molecule has 0 radical (unpaired) electrons. The van der Waals surface area contributed by atoms with Crippen molar-refractivity contribution in [3.8, 4) is 0 Å². The van der Waals surface area contributed by atoms with Crippen LogP contribution in [0.1, 0.15) is 42.4 Å². The van der Waals surface area contributed by atoms with E-state index in [2.05, 4.69) is 21.3 Å². The van der Waals surface area contributed by atoms with Crippen LogP contribution < -0.4 is 11.1 Å². The quantitative estimate of drug-likeness (QED) is 0.174. The summed E-state index contributed by atoms with van der Waals surface area (Å²) in [6.45, 7) is 0. The fourth-order valence-corrected chi connectivity index (χ4v) is 5.05. The first-order valence-electron chi connectivity index (χ1n) is 12.0. The third kappa shape index (κ3) is 6.29. The van der Waals surface area contributed by atoms with E-state index in [1.165, 1.54) is 7.11 Å². The van der Waals surface area contributed by atoms with Crippen molar-refractivity contribution in [2.24, 2.45) is 15.9 Å². The number of para-hydroxylation sites is 1. The molecule has 0 bridgehead atoms. The van der Waals surface area contributed by atoms with Gasteiger partial charge in [-0.05, 0) is 23.9 Å². The summed E-state index contributed by atoms with van der Waals surface area (Å²) in [5, 5.41) is 14.1. The summed E-state index contributed by atoms with van der Waals surface area (Å²) in [6, 6.07) is 12.7. The van der Waals surface area contributed by atoms with Gasteiger partial charge in [0, 0.05) is 40.4 Å². The molecule has 4 rings (SSSR count). The van der Waals surface area contributed by atoms with E-state index >= 15 is 0 Å². The van der Waals surface area contributed by atoms with Crippen LogP contribution in [0.2, 0.25) is 0 Å². The monoisotopic (exact) mass is 549 g/mol. The number of carbonyl (C=O) groups is 3. The Morgan fingerprint density at radius 1 is 1.23 bits per heavy atom. The third-order valence-corrected chi connectivity index (χ3v) is 7.13. The SMILES string of the molecule is C=S(=O)=C1C(C(=O)NC(CCC(=O)CC2CC(c3ccc(C(=N)N)cc3)=NO2)C(=O)OC)=Nc2ccccc21. The fourth-order valence-electron chi connectivity index (χ4n) is 4.28. The molecule has 0 fully saturated rings. The van der Waals surface area contributed by atoms with E-state index in [1.807, 2.05) is 0 Å². The van der Waals surface area contributed by atoms with Gasteiger partial charge < -0.3 is 20.6 Å². The fraction of sp³-hybridized carbons (Fsp3) is 0.259. The molecule has 2 heterocycles. The van der Waals surface area contributed by atoms with Crippen LogP contribution >= 0.6 is 0 Å². The van der Waals surface area contributed by atoms with E-state index in [0.717, 1.165) is 5.56 Å². The van der Waals surface area contributed by atoms with Crippen LogP contribution in [-0.4, -0.2) is 69.1 Å². The maximum atomic E-state index is 13.0. The number of oxime groups is 1. The summed E-state index contributed by atoms with van der Waals surface area (Å²) in [5.41, 5.74) is 8.48. The first-order chi connectivity index (χ1) is 18.7. The van der Waals surface area contributed by atoms with Gasteiger partial charge in [-0.25, -0.2) is 14.0 Å². The molecule has 2 aliphatic heterocycles. The Hall–Kier alpha value is -4.58. The van der Waals surface area contributed by atoms with Crippen molar-refractivity contribution in [2.75, 3.05) is 7.11 Å². The van der Waals surface area contributed by atoms with Crippen molar-refractivity contribution in [1.29, 1.82) is 5.41 Å². The Bertz CT molecular complexity index is 1530. The Kier molecular flexibility index (Phi) is 8.35. The summed E-state index contributed by atoms with van der Waals surface area (Å²) in [7, 11) is -0.566. The second-order valence-electron chi connectivity index (χ2n) is 8.94. The molecule has 2 aromatic carbocycles. The maximum absolute atomic E-state index is 13.0. The van der Waals surface area contributed by atoms with Crippen molar-refractivity contribution in [2.45, 2.75) is 37.8 Å². The maximum Gasteiger partial charge on any atom is 0.328 e. The molecule has 12 heteroatoms. The topological polar surface area (TPSA) is 173 Å². The van der Waals surface area contributed by atoms with Gasteiger partial charge in [0.1, 0.15) is 29.5 Å². The van der Waals surface area contributed by atoms with Gasteiger partial charge in [-0.1, -0.05) is 47.6 Å². The van der Waals surface area contributed by atoms with E-state index in [1.54, 1.807) is 48.5 Å². The van der Waals surface area contributed by atoms with Gasteiger partial charge >= 0.3 is 5.97 Å². The number of hydrogen-bond donors (Lipinski definition) is 3. The van der Waals surface area contributed by atoms with Gasteiger partial charge in [-0.15, -0.1) is 0 Å². The molecule has 202 valence electrons. The Balaban J connectivity index is 1.34. The molecule has 39 heavy (non-hydrogen) atoms. The summed E-state index contributed by atoms with van der Waals surface area (Å²) in [6.07, 6.45) is 0.00614. The number of rotatable bonds is 10. The van der Waals surface area contributed by atoms with Gasteiger partial charge in [0.25, 0.3) is 5.91 Å². The van der Waals surface area contributed by atoms with Crippen molar-refractivity contribution in [3.63, 3.8) is 0 Å². The highest BCUT2D eigenvalue weighted by atomic mass is 32.1. The minimum Gasteiger partial charge on any atom is -0.467 e. The summed E-state index contributed by atoms with van der Waals surface area (Å²) in [5.74, 6) is 1.88. The van der Waals surface area contributed by atoms with Gasteiger partial charge in [-0.2, -0.15) is 0 Å². The van der Waals surface area contributed by atoms with Gasteiger partial charge in [0.15, 0.2) is 0 Å². The lowest BCUT2D eigenvalue weighted by Gasteiger charge is -2.16. The second kappa shape index (κ2) is 11.9. The summed E-state index contributed by atoms with van der Waals surface area (Å²) < 4.78 is 17.1. The number of benzene rings is 2. The number of nitrogens with two attached hydrogens (primary N) is 1. The Morgan fingerprint density at radius 3 is 2.62 bits per heavy atom. The predicted octanol–water partition coefficient (Wildman–Crippen LogP) is 1.35. The number of carbonyl (C=O) groups excluding carboxylic acids is 3. The molecule has 11 nitrogen and oxygen atoms in total. The largest absolute Gasteiger partial charge is 0.467 e. The average Bonchev–Trinajstić information content (AvgIpc) is 3.55. The highest BCUT2D eigenvalue weighted by molar-refractivity contribution is 7.85. The number of esters is 1. The molecule has 0 aromatic heterocycles. The van der Waals surface area contributed by atoms with Gasteiger partial charge in [0.2, 0.25) is 0 Å². The molecule has 0 saturated carbocycles. The predicted molar refractivity (Wildman–Crippen MR) is 149 cm³/mol. The van der Waals surface area contributed by atoms with Crippen LogP contribution in [0.4, 0.5) is 5.69 Å². The standard InChI is InChI=1S/C27H27N5O6S/c1-37-27(35)21(31-26(34)23-24(39(2)36)19-5-3-4-6-20(19)30-23)12-11-17(33)13-18-14-22(32-38-18)15-7-9-16(10-8-15)25(28)29/h3-10,18,21H,2,11-14H2,1H3,(H3,28,29)(H,31,34). The number of nitrogens with one attached hydrogen (secondary N) is 2. The number of hydrogen-bond acceptors (Lipinski definition) is 9.